The second-order valence-electron chi connectivity index (χ2n) is 4.83. The summed E-state index contributed by atoms with van der Waals surface area (Å²) < 4.78 is 1.15. The van der Waals surface area contributed by atoms with Gasteiger partial charge in [-0.15, -0.1) is 0 Å². The van der Waals surface area contributed by atoms with E-state index in [1.807, 2.05) is 0 Å². The van der Waals surface area contributed by atoms with Crippen LogP contribution in [0.3, 0.4) is 0 Å². The molecule has 0 bridgehead atoms. The predicted molar refractivity (Wildman–Crippen MR) is 63.4 cm³/mol. The predicted octanol–water partition coefficient (Wildman–Crippen LogP) is 3.21. The summed E-state index contributed by atoms with van der Waals surface area (Å²) in [5.41, 5.74) is 9.10. The first kappa shape index (κ1) is 10.2. The van der Waals surface area contributed by atoms with E-state index in [0.717, 1.165) is 4.47 Å². The van der Waals surface area contributed by atoms with Gasteiger partial charge in [-0.2, -0.15) is 0 Å². The molecule has 0 amide bonds. The van der Waals surface area contributed by atoms with Crippen molar-refractivity contribution in [3.63, 3.8) is 0 Å². The first-order valence-corrected chi connectivity index (χ1v) is 5.75. The van der Waals surface area contributed by atoms with Crippen molar-refractivity contribution < 1.29 is 0 Å². The van der Waals surface area contributed by atoms with Crippen molar-refractivity contribution in [2.45, 2.75) is 32.7 Å². The molecule has 0 heterocycles. The standard InChI is InChI=1S/C12H16BrN/c1-7-4-5-8(13)6-9(7)10-11(14)12(10,2)3/h4-6,10-11H,14H2,1-3H3. The van der Waals surface area contributed by atoms with E-state index in [0.29, 0.717) is 12.0 Å². The van der Waals surface area contributed by atoms with Gasteiger partial charge in [-0.3, -0.25) is 0 Å². The SMILES string of the molecule is Cc1ccc(Br)cc1C1C(N)C1(C)C. The van der Waals surface area contributed by atoms with E-state index in [1.54, 1.807) is 0 Å². The van der Waals surface area contributed by atoms with E-state index in [-0.39, 0.29) is 5.41 Å². The Balaban J connectivity index is 2.39. The van der Waals surface area contributed by atoms with Crippen LogP contribution in [-0.2, 0) is 0 Å². The van der Waals surface area contributed by atoms with Crippen LogP contribution in [0.25, 0.3) is 0 Å². The number of benzene rings is 1. The molecule has 1 aliphatic rings. The third-order valence-electron chi connectivity index (χ3n) is 3.49. The highest BCUT2D eigenvalue weighted by molar-refractivity contribution is 9.10. The van der Waals surface area contributed by atoms with Crippen molar-refractivity contribution >= 4 is 15.9 Å². The second-order valence-corrected chi connectivity index (χ2v) is 5.74. The molecule has 2 heteroatoms. The van der Waals surface area contributed by atoms with Crippen LogP contribution in [0.4, 0.5) is 0 Å². The molecule has 2 N–H and O–H groups in total. The lowest BCUT2D eigenvalue weighted by Gasteiger charge is -2.07. The molecule has 1 saturated carbocycles. The number of hydrogen-bond donors (Lipinski definition) is 1. The zero-order valence-electron chi connectivity index (χ0n) is 8.84. The minimum Gasteiger partial charge on any atom is -0.327 e. The van der Waals surface area contributed by atoms with Crippen molar-refractivity contribution in [3.8, 4) is 0 Å². The molecule has 0 aromatic heterocycles. The maximum absolute atomic E-state index is 6.08. The molecule has 2 unspecified atom stereocenters. The highest BCUT2D eigenvalue weighted by Crippen LogP contribution is 2.58. The lowest BCUT2D eigenvalue weighted by molar-refractivity contribution is 0.598. The molecule has 2 rings (SSSR count). The lowest BCUT2D eigenvalue weighted by atomic mass is 9.99. The zero-order chi connectivity index (χ0) is 10.5. The Hall–Kier alpha value is -0.340. The van der Waals surface area contributed by atoms with E-state index in [4.69, 9.17) is 5.73 Å². The van der Waals surface area contributed by atoms with Gasteiger partial charge < -0.3 is 5.73 Å². The van der Waals surface area contributed by atoms with E-state index >= 15 is 0 Å². The summed E-state index contributed by atoms with van der Waals surface area (Å²) in [5, 5.41) is 0. The maximum Gasteiger partial charge on any atom is 0.0178 e. The normalized spacial score (nSPS) is 28.9. The van der Waals surface area contributed by atoms with Crippen LogP contribution in [-0.4, -0.2) is 6.04 Å². The molecule has 0 aliphatic heterocycles. The van der Waals surface area contributed by atoms with Gasteiger partial charge in [0.15, 0.2) is 0 Å². The summed E-state index contributed by atoms with van der Waals surface area (Å²) in [4.78, 5) is 0. The van der Waals surface area contributed by atoms with Crippen LogP contribution in [0.5, 0.6) is 0 Å². The van der Waals surface area contributed by atoms with Gasteiger partial charge in [0.25, 0.3) is 0 Å². The average molecular weight is 254 g/mol. The summed E-state index contributed by atoms with van der Waals surface area (Å²) in [6.07, 6.45) is 0. The Bertz CT molecular complexity index is 371. The third kappa shape index (κ3) is 1.41. The highest BCUT2D eigenvalue weighted by atomic mass is 79.9. The third-order valence-corrected chi connectivity index (χ3v) is 3.98. The lowest BCUT2D eigenvalue weighted by Crippen LogP contribution is -2.06. The topological polar surface area (TPSA) is 26.0 Å². The monoisotopic (exact) mass is 253 g/mol. The van der Waals surface area contributed by atoms with Gasteiger partial charge in [0.2, 0.25) is 0 Å². The van der Waals surface area contributed by atoms with Crippen LogP contribution in [0, 0.1) is 12.3 Å². The molecule has 0 spiro atoms. The average Bonchev–Trinajstić information content (AvgIpc) is 2.58. The Labute approximate surface area is 93.8 Å². The number of halogens is 1. The van der Waals surface area contributed by atoms with Gasteiger partial charge in [0.05, 0.1) is 0 Å². The molecule has 1 nitrogen and oxygen atoms in total. The smallest absolute Gasteiger partial charge is 0.0178 e. The Kier molecular flexibility index (Phi) is 2.24. The van der Waals surface area contributed by atoms with Crippen LogP contribution < -0.4 is 5.73 Å². The minimum absolute atomic E-state index is 0.269. The fraction of sp³-hybridized carbons (Fsp3) is 0.500. The van der Waals surface area contributed by atoms with Crippen LogP contribution in [0.15, 0.2) is 22.7 Å². The molecule has 1 aromatic carbocycles. The fourth-order valence-electron chi connectivity index (χ4n) is 2.22. The molecule has 76 valence electrons. The van der Waals surface area contributed by atoms with Gasteiger partial charge in [0.1, 0.15) is 0 Å². The van der Waals surface area contributed by atoms with Crippen molar-refractivity contribution in [2.75, 3.05) is 0 Å². The molecule has 14 heavy (non-hydrogen) atoms. The Morgan fingerprint density at radius 1 is 1.36 bits per heavy atom. The molecule has 1 aromatic rings. The molecule has 1 fully saturated rings. The number of hydrogen-bond acceptors (Lipinski definition) is 1. The molecular weight excluding hydrogens is 238 g/mol. The van der Waals surface area contributed by atoms with Crippen LogP contribution in [0.2, 0.25) is 0 Å². The summed E-state index contributed by atoms with van der Waals surface area (Å²) in [6.45, 7) is 6.63. The summed E-state index contributed by atoms with van der Waals surface area (Å²) in [6, 6.07) is 6.75. The van der Waals surface area contributed by atoms with Gasteiger partial charge in [-0.1, -0.05) is 35.8 Å². The Morgan fingerprint density at radius 3 is 2.43 bits per heavy atom. The minimum atomic E-state index is 0.269. The van der Waals surface area contributed by atoms with Gasteiger partial charge in [0, 0.05) is 16.4 Å². The molecular formula is C12H16BrN. The van der Waals surface area contributed by atoms with E-state index in [2.05, 4.69) is 54.9 Å². The second kappa shape index (κ2) is 3.07. The quantitative estimate of drug-likeness (QED) is 0.818. The first-order valence-electron chi connectivity index (χ1n) is 4.96. The number of rotatable bonds is 1. The van der Waals surface area contributed by atoms with E-state index in [9.17, 15) is 0 Å². The molecule has 2 atom stereocenters. The highest BCUT2D eigenvalue weighted by Gasteiger charge is 2.56. The van der Waals surface area contributed by atoms with Crippen molar-refractivity contribution in [2.24, 2.45) is 11.1 Å². The maximum atomic E-state index is 6.08. The van der Waals surface area contributed by atoms with Crippen molar-refractivity contribution in [3.05, 3.63) is 33.8 Å². The van der Waals surface area contributed by atoms with Crippen LogP contribution in [0.1, 0.15) is 30.9 Å². The van der Waals surface area contributed by atoms with Crippen molar-refractivity contribution in [1.29, 1.82) is 0 Å². The summed E-state index contributed by atoms with van der Waals surface area (Å²) >= 11 is 3.51. The van der Waals surface area contributed by atoms with E-state index in [1.165, 1.54) is 11.1 Å². The number of aryl methyl sites for hydroxylation is 1. The first-order chi connectivity index (χ1) is 6.44. The number of nitrogens with two attached hydrogens (primary N) is 1. The molecule has 0 radical (unpaired) electrons. The van der Waals surface area contributed by atoms with Gasteiger partial charge in [-0.05, 0) is 35.6 Å². The van der Waals surface area contributed by atoms with Gasteiger partial charge >= 0.3 is 0 Å². The largest absolute Gasteiger partial charge is 0.327 e. The molecule has 1 aliphatic carbocycles. The summed E-state index contributed by atoms with van der Waals surface area (Å²) in [5.74, 6) is 0.528. The Morgan fingerprint density at radius 2 is 1.93 bits per heavy atom. The zero-order valence-corrected chi connectivity index (χ0v) is 10.4. The van der Waals surface area contributed by atoms with Crippen molar-refractivity contribution in [1.82, 2.24) is 0 Å². The van der Waals surface area contributed by atoms with Gasteiger partial charge in [-0.25, -0.2) is 0 Å². The fourth-order valence-corrected chi connectivity index (χ4v) is 2.60. The summed E-state index contributed by atoms with van der Waals surface area (Å²) in [7, 11) is 0. The van der Waals surface area contributed by atoms with Crippen LogP contribution >= 0.6 is 15.9 Å². The molecule has 0 saturated heterocycles. The van der Waals surface area contributed by atoms with E-state index < -0.39 is 0 Å².